The van der Waals surface area contributed by atoms with Gasteiger partial charge in [-0.05, 0) is 23.1 Å². The molecule has 2 rings (SSSR count). The SMILES string of the molecule is COC(=O)[C@H](N)c1ccc2cc[nH]c2c1.Cl. The molecular weight excluding hydrogens is 228 g/mol. The van der Waals surface area contributed by atoms with E-state index < -0.39 is 12.0 Å². The molecule has 0 aliphatic carbocycles. The molecule has 0 bridgehead atoms. The number of aromatic nitrogens is 1. The van der Waals surface area contributed by atoms with E-state index in [4.69, 9.17) is 5.73 Å². The molecule has 5 heteroatoms. The van der Waals surface area contributed by atoms with Crippen LogP contribution in [-0.4, -0.2) is 18.1 Å². The molecule has 0 aliphatic rings. The van der Waals surface area contributed by atoms with Crippen LogP contribution in [-0.2, 0) is 9.53 Å². The van der Waals surface area contributed by atoms with E-state index >= 15 is 0 Å². The Balaban J connectivity index is 0.00000128. The summed E-state index contributed by atoms with van der Waals surface area (Å²) in [5.41, 5.74) is 7.43. The quantitative estimate of drug-likeness (QED) is 0.786. The molecule has 1 heterocycles. The van der Waals surface area contributed by atoms with Crippen molar-refractivity contribution in [2.75, 3.05) is 7.11 Å². The normalized spacial score (nSPS) is 11.9. The number of esters is 1. The summed E-state index contributed by atoms with van der Waals surface area (Å²) >= 11 is 0. The maximum atomic E-state index is 11.2. The first-order valence-electron chi connectivity index (χ1n) is 4.63. The van der Waals surface area contributed by atoms with E-state index in [9.17, 15) is 4.79 Å². The van der Waals surface area contributed by atoms with Gasteiger partial charge >= 0.3 is 5.97 Å². The van der Waals surface area contributed by atoms with Crippen molar-refractivity contribution in [2.45, 2.75) is 6.04 Å². The monoisotopic (exact) mass is 240 g/mol. The first-order chi connectivity index (χ1) is 7.22. The maximum Gasteiger partial charge on any atom is 0.327 e. The zero-order chi connectivity index (χ0) is 10.8. The smallest absolute Gasteiger partial charge is 0.327 e. The van der Waals surface area contributed by atoms with Crippen LogP contribution in [0.3, 0.4) is 0 Å². The second-order valence-corrected chi connectivity index (χ2v) is 3.33. The highest BCUT2D eigenvalue weighted by molar-refractivity contribution is 5.85. The second kappa shape index (κ2) is 5.01. The molecule has 1 atom stereocenters. The summed E-state index contributed by atoms with van der Waals surface area (Å²) < 4.78 is 4.59. The van der Waals surface area contributed by atoms with Gasteiger partial charge in [-0.25, -0.2) is 0 Å². The van der Waals surface area contributed by atoms with Crippen LogP contribution >= 0.6 is 12.4 Å². The number of aromatic amines is 1. The fourth-order valence-electron chi connectivity index (χ4n) is 1.52. The summed E-state index contributed by atoms with van der Waals surface area (Å²) in [6, 6.07) is 6.85. The van der Waals surface area contributed by atoms with Crippen molar-refractivity contribution in [2.24, 2.45) is 5.73 Å². The predicted molar refractivity (Wildman–Crippen MR) is 64.5 cm³/mol. The Morgan fingerprint density at radius 1 is 1.44 bits per heavy atom. The minimum atomic E-state index is -0.720. The third-order valence-corrected chi connectivity index (χ3v) is 2.39. The molecular formula is C11H13ClN2O2. The lowest BCUT2D eigenvalue weighted by atomic mass is 10.1. The molecule has 16 heavy (non-hydrogen) atoms. The summed E-state index contributed by atoms with van der Waals surface area (Å²) in [6.07, 6.45) is 1.85. The van der Waals surface area contributed by atoms with Gasteiger partial charge in [0.2, 0.25) is 0 Å². The lowest BCUT2D eigenvalue weighted by molar-refractivity contribution is -0.142. The summed E-state index contributed by atoms with van der Waals surface area (Å²) in [5, 5.41) is 1.09. The van der Waals surface area contributed by atoms with Crippen LogP contribution in [0.4, 0.5) is 0 Å². The van der Waals surface area contributed by atoms with Crippen LogP contribution in [0.15, 0.2) is 30.5 Å². The number of hydrogen-bond donors (Lipinski definition) is 2. The third-order valence-electron chi connectivity index (χ3n) is 2.39. The molecule has 0 amide bonds. The van der Waals surface area contributed by atoms with E-state index in [-0.39, 0.29) is 12.4 Å². The van der Waals surface area contributed by atoms with Gasteiger partial charge < -0.3 is 15.5 Å². The minimum Gasteiger partial charge on any atom is -0.468 e. The topological polar surface area (TPSA) is 68.1 Å². The number of ether oxygens (including phenoxy) is 1. The first kappa shape index (κ1) is 12.5. The second-order valence-electron chi connectivity index (χ2n) is 3.33. The van der Waals surface area contributed by atoms with E-state index in [1.807, 2.05) is 30.5 Å². The number of carbonyl (C=O) groups excluding carboxylic acids is 1. The van der Waals surface area contributed by atoms with E-state index in [1.54, 1.807) is 0 Å². The van der Waals surface area contributed by atoms with E-state index in [2.05, 4.69) is 9.72 Å². The predicted octanol–water partition coefficient (Wildman–Crippen LogP) is 1.76. The number of carbonyl (C=O) groups is 1. The summed E-state index contributed by atoms with van der Waals surface area (Å²) in [7, 11) is 1.33. The van der Waals surface area contributed by atoms with Gasteiger partial charge in [0.1, 0.15) is 6.04 Å². The van der Waals surface area contributed by atoms with Crippen molar-refractivity contribution in [1.82, 2.24) is 4.98 Å². The highest BCUT2D eigenvalue weighted by atomic mass is 35.5. The van der Waals surface area contributed by atoms with Crippen molar-refractivity contribution in [3.8, 4) is 0 Å². The van der Waals surface area contributed by atoms with Crippen molar-refractivity contribution in [1.29, 1.82) is 0 Å². The molecule has 86 valence electrons. The lowest BCUT2D eigenvalue weighted by Crippen LogP contribution is -2.22. The largest absolute Gasteiger partial charge is 0.468 e. The minimum absolute atomic E-state index is 0. The molecule has 1 aromatic carbocycles. The molecule has 0 saturated heterocycles. The zero-order valence-corrected chi connectivity index (χ0v) is 9.58. The van der Waals surface area contributed by atoms with Gasteiger partial charge in [-0.2, -0.15) is 0 Å². The van der Waals surface area contributed by atoms with Crippen molar-refractivity contribution in [3.05, 3.63) is 36.0 Å². The van der Waals surface area contributed by atoms with Crippen LogP contribution < -0.4 is 5.73 Å². The van der Waals surface area contributed by atoms with Gasteiger partial charge in [-0.15, -0.1) is 12.4 Å². The number of methoxy groups -OCH3 is 1. The Labute approximate surface area is 99.2 Å². The Hall–Kier alpha value is -1.52. The number of benzene rings is 1. The van der Waals surface area contributed by atoms with Gasteiger partial charge in [-0.3, -0.25) is 4.79 Å². The molecule has 3 N–H and O–H groups in total. The first-order valence-corrected chi connectivity index (χ1v) is 4.63. The van der Waals surface area contributed by atoms with Crippen LogP contribution in [0.25, 0.3) is 10.9 Å². The Morgan fingerprint density at radius 3 is 2.88 bits per heavy atom. The molecule has 0 fully saturated rings. The van der Waals surface area contributed by atoms with E-state index in [0.717, 1.165) is 16.5 Å². The van der Waals surface area contributed by atoms with Crippen LogP contribution in [0.5, 0.6) is 0 Å². The van der Waals surface area contributed by atoms with Crippen LogP contribution in [0.1, 0.15) is 11.6 Å². The number of fused-ring (bicyclic) bond motifs is 1. The molecule has 0 radical (unpaired) electrons. The summed E-state index contributed by atoms with van der Waals surface area (Å²) in [6.45, 7) is 0. The fraction of sp³-hybridized carbons (Fsp3) is 0.182. The average molecular weight is 241 g/mol. The molecule has 4 nitrogen and oxygen atoms in total. The molecule has 0 unspecified atom stereocenters. The molecule has 0 spiro atoms. The third kappa shape index (κ3) is 2.18. The number of halogens is 1. The van der Waals surface area contributed by atoms with Gasteiger partial charge in [0, 0.05) is 11.7 Å². The lowest BCUT2D eigenvalue weighted by Gasteiger charge is -2.09. The van der Waals surface area contributed by atoms with E-state index in [0.29, 0.717) is 0 Å². The molecule has 0 saturated carbocycles. The van der Waals surface area contributed by atoms with E-state index in [1.165, 1.54) is 7.11 Å². The van der Waals surface area contributed by atoms with Crippen molar-refractivity contribution >= 4 is 29.3 Å². The fourth-order valence-corrected chi connectivity index (χ4v) is 1.52. The van der Waals surface area contributed by atoms with Gasteiger partial charge in [0.25, 0.3) is 0 Å². The number of H-pyrrole nitrogens is 1. The number of rotatable bonds is 2. The summed E-state index contributed by atoms with van der Waals surface area (Å²) in [5.74, 6) is -0.430. The highest BCUT2D eigenvalue weighted by Crippen LogP contribution is 2.18. The maximum absolute atomic E-state index is 11.2. The van der Waals surface area contributed by atoms with Crippen molar-refractivity contribution < 1.29 is 9.53 Å². The Bertz CT molecular complexity index is 495. The number of hydrogen-bond acceptors (Lipinski definition) is 3. The van der Waals surface area contributed by atoms with Gasteiger partial charge in [0.15, 0.2) is 0 Å². The Kier molecular flexibility index (Phi) is 3.93. The van der Waals surface area contributed by atoms with Crippen molar-refractivity contribution in [3.63, 3.8) is 0 Å². The molecule has 0 aliphatic heterocycles. The summed E-state index contributed by atoms with van der Waals surface area (Å²) in [4.78, 5) is 14.3. The number of nitrogens with one attached hydrogen (secondary N) is 1. The van der Waals surface area contributed by atoms with Crippen LogP contribution in [0.2, 0.25) is 0 Å². The van der Waals surface area contributed by atoms with Gasteiger partial charge in [0.05, 0.1) is 7.11 Å². The highest BCUT2D eigenvalue weighted by Gasteiger charge is 2.16. The van der Waals surface area contributed by atoms with Gasteiger partial charge in [-0.1, -0.05) is 12.1 Å². The molecule has 2 aromatic rings. The number of nitrogens with two attached hydrogens (primary N) is 1. The Morgan fingerprint density at radius 2 is 2.19 bits per heavy atom. The average Bonchev–Trinajstić information content (AvgIpc) is 2.73. The zero-order valence-electron chi connectivity index (χ0n) is 8.77. The van der Waals surface area contributed by atoms with Crippen LogP contribution in [0, 0.1) is 0 Å². The standard InChI is InChI=1S/C11H12N2O2.ClH/c1-15-11(14)10(12)8-3-2-7-4-5-13-9(7)6-8;/h2-6,10,13H,12H2,1H3;1H/t10-;/m1./s1. The molecule has 1 aromatic heterocycles.